The van der Waals surface area contributed by atoms with Crippen molar-refractivity contribution in [3.05, 3.63) is 40.7 Å². The van der Waals surface area contributed by atoms with Gasteiger partial charge in [-0.1, -0.05) is 24.6 Å². The van der Waals surface area contributed by atoms with Crippen molar-refractivity contribution in [1.82, 2.24) is 9.78 Å². The number of hydrogen-bond donors (Lipinski definition) is 1. The normalized spacial score (nSPS) is 10.9. The van der Waals surface area contributed by atoms with Gasteiger partial charge in [-0.3, -0.25) is 4.68 Å². The first-order valence-electron chi connectivity index (χ1n) is 6.18. The summed E-state index contributed by atoms with van der Waals surface area (Å²) in [5.41, 5.74) is 10.1. The second-order valence-electron chi connectivity index (χ2n) is 4.40. The highest BCUT2D eigenvalue weighted by molar-refractivity contribution is 6.30. The fraction of sp³-hybridized carbons (Fsp3) is 0.357. The van der Waals surface area contributed by atoms with E-state index in [9.17, 15) is 0 Å². The zero-order chi connectivity index (χ0) is 13.1. The summed E-state index contributed by atoms with van der Waals surface area (Å²) in [7, 11) is 0. The highest BCUT2D eigenvalue weighted by Crippen LogP contribution is 2.29. The first-order chi connectivity index (χ1) is 8.65. The van der Waals surface area contributed by atoms with Gasteiger partial charge in [-0.05, 0) is 36.6 Å². The SMILES string of the molecule is CCCn1cc(-c2cc(Cl)ccc2CN)c(C)n1. The molecule has 0 spiro atoms. The smallest absolute Gasteiger partial charge is 0.0672 e. The Kier molecular flexibility index (Phi) is 4.04. The number of hydrogen-bond acceptors (Lipinski definition) is 2. The first-order valence-corrected chi connectivity index (χ1v) is 6.56. The van der Waals surface area contributed by atoms with Gasteiger partial charge in [0.1, 0.15) is 0 Å². The van der Waals surface area contributed by atoms with Crippen LogP contribution in [0.4, 0.5) is 0 Å². The van der Waals surface area contributed by atoms with Gasteiger partial charge in [0.15, 0.2) is 0 Å². The number of aromatic nitrogens is 2. The maximum atomic E-state index is 6.08. The van der Waals surface area contributed by atoms with E-state index >= 15 is 0 Å². The Labute approximate surface area is 113 Å². The number of aryl methyl sites for hydroxylation is 2. The van der Waals surface area contributed by atoms with Crippen LogP contribution in [0.1, 0.15) is 24.6 Å². The Morgan fingerprint density at radius 1 is 1.33 bits per heavy atom. The largest absolute Gasteiger partial charge is 0.326 e. The van der Waals surface area contributed by atoms with Gasteiger partial charge < -0.3 is 5.73 Å². The summed E-state index contributed by atoms with van der Waals surface area (Å²) in [4.78, 5) is 0. The molecule has 0 unspecified atom stereocenters. The molecule has 0 amide bonds. The molecule has 2 aromatic rings. The summed E-state index contributed by atoms with van der Waals surface area (Å²) in [6.07, 6.45) is 3.14. The third kappa shape index (κ3) is 2.57. The molecule has 2 rings (SSSR count). The summed E-state index contributed by atoms with van der Waals surface area (Å²) in [5.74, 6) is 0. The lowest BCUT2D eigenvalue weighted by atomic mass is 10.0. The molecule has 3 nitrogen and oxygen atoms in total. The number of nitrogens with two attached hydrogens (primary N) is 1. The van der Waals surface area contributed by atoms with E-state index < -0.39 is 0 Å². The molecule has 0 aliphatic carbocycles. The van der Waals surface area contributed by atoms with E-state index in [1.165, 1.54) is 0 Å². The summed E-state index contributed by atoms with van der Waals surface area (Å²) in [5, 5.41) is 5.24. The zero-order valence-electron chi connectivity index (χ0n) is 10.8. The van der Waals surface area contributed by atoms with Gasteiger partial charge in [0, 0.05) is 29.9 Å². The highest BCUT2D eigenvalue weighted by Gasteiger charge is 2.11. The third-order valence-electron chi connectivity index (χ3n) is 2.98. The van der Waals surface area contributed by atoms with Crippen LogP contribution in [0, 0.1) is 6.92 Å². The fourth-order valence-corrected chi connectivity index (χ4v) is 2.28. The van der Waals surface area contributed by atoms with Crippen LogP contribution in [0.25, 0.3) is 11.1 Å². The van der Waals surface area contributed by atoms with E-state index in [-0.39, 0.29) is 0 Å². The molecule has 0 saturated heterocycles. The van der Waals surface area contributed by atoms with Gasteiger partial charge in [-0.25, -0.2) is 0 Å². The van der Waals surface area contributed by atoms with Gasteiger partial charge in [-0.2, -0.15) is 5.10 Å². The van der Waals surface area contributed by atoms with Gasteiger partial charge in [0.25, 0.3) is 0 Å². The monoisotopic (exact) mass is 263 g/mol. The van der Waals surface area contributed by atoms with Crippen molar-refractivity contribution in [1.29, 1.82) is 0 Å². The van der Waals surface area contributed by atoms with Gasteiger partial charge in [-0.15, -0.1) is 0 Å². The van der Waals surface area contributed by atoms with E-state index in [4.69, 9.17) is 17.3 Å². The Morgan fingerprint density at radius 3 is 2.78 bits per heavy atom. The molecule has 0 fully saturated rings. The van der Waals surface area contributed by atoms with Crippen LogP contribution < -0.4 is 5.73 Å². The lowest BCUT2D eigenvalue weighted by Gasteiger charge is -2.07. The van der Waals surface area contributed by atoms with Gasteiger partial charge in [0.05, 0.1) is 5.69 Å². The van der Waals surface area contributed by atoms with Crippen molar-refractivity contribution in [2.75, 3.05) is 0 Å². The molecule has 2 N–H and O–H groups in total. The van der Waals surface area contributed by atoms with E-state index in [1.54, 1.807) is 0 Å². The molecule has 0 atom stereocenters. The summed E-state index contributed by atoms with van der Waals surface area (Å²) in [6.45, 7) is 5.59. The molecular formula is C14H18ClN3. The fourth-order valence-electron chi connectivity index (χ4n) is 2.10. The van der Waals surface area contributed by atoms with E-state index in [2.05, 4.69) is 18.2 Å². The van der Waals surface area contributed by atoms with Crippen LogP contribution in [0.3, 0.4) is 0 Å². The molecule has 0 aliphatic heterocycles. The van der Waals surface area contributed by atoms with Gasteiger partial charge in [0.2, 0.25) is 0 Å². The maximum Gasteiger partial charge on any atom is 0.0672 e. The summed E-state index contributed by atoms with van der Waals surface area (Å²) >= 11 is 6.08. The van der Waals surface area contributed by atoms with E-state index in [1.807, 2.05) is 29.8 Å². The Hall–Kier alpha value is -1.32. The lowest BCUT2D eigenvalue weighted by Crippen LogP contribution is -1.99. The van der Waals surface area contributed by atoms with Crippen molar-refractivity contribution in [3.63, 3.8) is 0 Å². The van der Waals surface area contributed by atoms with Crippen molar-refractivity contribution in [2.24, 2.45) is 5.73 Å². The molecule has 96 valence electrons. The maximum absolute atomic E-state index is 6.08. The van der Waals surface area contributed by atoms with Crippen molar-refractivity contribution in [3.8, 4) is 11.1 Å². The molecule has 1 heterocycles. The Bertz CT molecular complexity index is 546. The molecule has 18 heavy (non-hydrogen) atoms. The van der Waals surface area contributed by atoms with Crippen molar-refractivity contribution >= 4 is 11.6 Å². The predicted molar refractivity (Wildman–Crippen MR) is 75.6 cm³/mol. The minimum Gasteiger partial charge on any atom is -0.326 e. The average molecular weight is 264 g/mol. The summed E-state index contributed by atoms with van der Waals surface area (Å²) < 4.78 is 1.98. The topological polar surface area (TPSA) is 43.8 Å². The second-order valence-corrected chi connectivity index (χ2v) is 4.83. The standard InChI is InChI=1S/C14H18ClN3/c1-3-6-18-9-14(10(2)17-18)13-7-12(15)5-4-11(13)8-16/h4-5,7,9H,3,6,8,16H2,1-2H3. The third-order valence-corrected chi connectivity index (χ3v) is 3.22. The average Bonchev–Trinajstić information content (AvgIpc) is 2.70. The van der Waals surface area contributed by atoms with Crippen molar-refractivity contribution in [2.45, 2.75) is 33.4 Å². The van der Waals surface area contributed by atoms with Crippen LogP contribution in [0.5, 0.6) is 0 Å². The number of benzene rings is 1. The molecule has 4 heteroatoms. The van der Waals surface area contributed by atoms with E-state index in [0.717, 1.165) is 40.4 Å². The Morgan fingerprint density at radius 2 is 2.11 bits per heavy atom. The molecular weight excluding hydrogens is 246 g/mol. The van der Waals surface area contributed by atoms with Crippen molar-refractivity contribution < 1.29 is 0 Å². The number of nitrogens with zero attached hydrogens (tertiary/aromatic N) is 2. The van der Waals surface area contributed by atoms with Crippen LogP contribution in [0.15, 0.2) is 24.4 Å². The quantitative estimate of drug-likeness (QED) is 0.919. The summed E-state index contributed by atoms with van der Waals surface area (Å²) in [6, 6.07) is 5.82. The predicted octanol–water partition coefficient (Wildman–Crippen LogP) is 3.38. The molecule has 0 bridgehead atoms. The van der Waals surface area contributed by atoms with Crippen LogP contribution >= 0.6 is 11.6 Å². The van der Waals surface area contributed by atoms with Crippen LogP contribution in [-0.2, 0) is 13.1 Å². The molecule has 1 aromatic heterocycles. The Balaban J connectivity index is 2.50. The van der Waals surface area contributed by atoms with Crippen LogP contribution in [0.2, 0.25) is 5.02 Å². The number of rotatable bonds is 4. The second kappa shape index (κ2) is 5.55. The lowest BCUT2D eigenvalue weighted by molar-refractivity contribution is 0.598. The molecule has 1 aromatic carbocycles. The number of halogens is 1. The molecule has 0 saturated carbocycles. The van der Waals surface area contributed by atoms with Gasteiger partial charge >= 0.3 is 0 Å². The zero-order valence-corrected chi connectivity index (χ0v) is 11.5. The minimum absolute atomic E-state index is 0.505. The minimum atomic E-state index is 0.505. The van der Waals surface area contributed by atoms with E-state index in [0.29, 0.717) is 6.54 Å². The van der Waals surface area contributed by atoms with Crippen LogP contribution in [-0.4, -0.2) is 9.78 Å². The first kappa shape index (κ1) is 13.1. The molecule has 0 aliphatic rings. The highest BCUT2D eigenvalue weighted by atomic mass is 35.5. The molecule has 0 radical (unpaired) electrons.